The molecule has 0 saturated carbocycles. The molecular formula is C46H26N4S. The van der Waals surface area contributed by atoms with Crippen molar-refractivity contribution in [1.82, 2.24) is 19.9 Å². The van der Waals surface area contributed by atoms with Gasteiger partial charge in [-0.2, -0.15) is 0 Å². The van der Waals surface area contributed by atoms with E-state index in [0.29, 0.717) is 17.5 Å². The molecule has 0 atom stereocenters. The number of aromatic nitrogens is 4. The summed E-state index contributed by atoms with van der Waals surface area (Å²) in [7, 11) is 0. The second-order valence-corrected chi connectivity index (χ2v) is 14.1. The lowest BCUT2D eigenvalue weighted by Crippen LogP contribution is -2.01. The van der Waals surface area contributed by atoms with Gasteiger partial charge in [0.2, 0.25) is 0 Å². The second-order valence-electron chi connectivity index (χ2n) is 13.0. The summed E-state index contributed by atoms with van der Waals surface area (Å²) in [5.74, 6) is 1.93. The van der Waals surface area contributed by atoms with Crippen molar-refractivity contribution in [3.8, 4) is 45.4 Å². The maximum atomic E-state index is 5.30. The minimum atomic E-state index is 0.633. The number of pyridine rings is 1. The predicted molar refractivity (Wildman–Crippen MR) is 213 cm³/mol. The molecular weight excluding hydrogens is 641 g/mol. The third kappa shape index (κ3) is 4.38. The highest BCUT2D eigenvalue weighted by molar-refractivity contribution is 7.26. The van der Waals surface area contributed by atoms with Crippen molar-refractivity contribution in [1.29, 1.82) is 0 Å². The average molecular weight is 667 g/mol. The Morgan fingerprint density at radius 1 is 0.353 bits per heavy atom. The van der Waals surface area contributed by atoms with Crippen LogP contribution in [-0.4, -0.2) is 19.9 Å². The molecule has 11 rings (SSSR count). The monoisotopic (exact) mass is 666 g/mol. The van der Waals surface area contributed by atoms with Crippen LogP contribution in [0, 0.1) is 0 Å². The Morgan fingerprint density at radius 2 is 0.941 bits per heavy atom. The SMILES string of the molecule is c1ccc(-c2nc(-c3ccc(-c4nc5c6ccccc6sc5c5ccccc45)cc3)nc(-c3ccc4ccc5cccc6ccc3c4c56)n2)cc1. The molecule has 0 amide bonds. The molecule has 0 fully saturated rings. The maximum Gasteiger partial charge on any atom is 0.164 e. The molecule has 0 radical (unpaired) electrons. The first kappa shape index (κ1) is 28.3. The molecule has 4 nitrogen and oxygen atoms in total. The zero-order valence-electron chi connectivity index (χ0n) is 27.2. The van der Waals surface area contributed by atoms with E-state index >= 15 is 0 Å². The maximum absolute atomic E-state index is 5.30. The van der Waals surface area contributed by atoms with Crippen LogP contribution in [0.2, 0.25) is 0 Å². The molecule has 0 aliphatic carbocycles. The van der Waals surface area contributed by atoms with E-state index in [2.05, 4.69) is 140 Å². The minimum Gasteiger partial charge on any atom is -0.246 e. The first-order valence-electron chi connectivity index (χ1n) is 17.1. The van der Waals surface area contributed by atoms with Gasteiger partial charge in [0.25, 0.3) is 0 Å². The van der Waals surface area contributed by atoms with Gasteiger partial charge in [-0.3, -0.25) is 0 Å². The lowest BCUT2D eigenvalue weighted by atomic mass is 9.92. The normalized spacial score (nSPS) is 11.9. The van der Waals surface area contributed by atoms with Gasteiger partial charge < -0.3 is 0 Å². The van der Waals surface area contributed by atoms with Crippen molar-refractivity contribution in [2.75, 3.05) is 0 Å². The largest absolute Gasteiger partial charge is 0.246 e. The summed E-state index contributed by atoms with van der Waals surface area (Å²) in [4.78, 5) is 20.6. The van der Waals surface area contributed by atoms with E-state index in [1.807, 2.05) is 29.5 Å². The van der Waals surface area contributed by atoms with Crippen molar-refractivity contribution in [3.05, 3.63) is 158 Å². The summed E-state index contributed by atoms with van der Waals surface area (Å²) in [6.45, 7) is 0. The smallest absolute Gasteiger partial charge is 0.164 e. The van der Waals surface area contributed by atoms with Crippen LogP contribution in [-0.2, 0) is 0 Å². The van der Waals surface area contributed by atoms with Crippen molar-refractivity contribution >= 4 is 74.7 Å². The van der Waals surface area contributed by atoms with Crippen LogP contribution < -0.4 is 0 Å². The van der Waals surface area contributed by atoms with Crippen molar-refractivity contribution in [2.45, 2.75) is 0 Å². The van der Waals surface area contributed by atoms with Gasteiger partial charge in [-0.25, -0.2) is 19.9 Å². The number of hydrogen-bond donors (Lipinski definition) is 0. The van der Waals surface area contributed by atoms with Crippen LogP contribution in [0.3, 0.4) is 0 Å². The number of thiophene rings is 1. The number of fused-ring (bicyclic) bond motifs is 5. The first-order valence-corrected chi connectivity index (χ1v) is 17.9. The molecule has 3 heterocycles. The van der Waals surface area contributed by atoms with E-state index in [4.69, 9.17) is 19.9 Å². The number of hydrogen-bond acceptors (Lipinski definition) is 5. The van der Waals surface area contributed by atoms with E-state index in [9.17, 15) is 0 Å². The molecule has 51 heavy (non-hydrogen) atoms. The Hall–Kier alpha value is -6.56. The van der Waals surface area contributed by atoms with Gasteiger partial charge in [0, 0.05) is 43.1 Å². The van der Waals surface area contributed by atoms with Crippen molar-refractivity contribution < 1.29 is 0 Å². The van der Waals surface area contributed by atoms with Crippen molar-refractivity contribution in [3.63, 3.8) is 0 Å². The number of benzene rings is 8. The number of rotatable bonds is 4. The molecule has 0 N–H and O–H groups in total. The zero-order chi connectivity index (χ0) is 33.5. The highest BCUT2D eigenvalue weighted by atomic mass is 32.1. The van der Waals surface area contributed by atoms with E-state index in [1.165, 1.54) is 47.1 Å². The fourth-order valence-corrected chi connectivity index (χ4v) is 8.84. The quantitative estimate of drug-likeness (QED) is 0.175. The topological polar surface area (TPSA) is 51.6 Å². The molecule has 0 aliphatic rings. The Balaban J connectivity index is 1.09. The van der Waals surface area contributed by atoms with E-state index in [1.54, 1.807) is 0 Å². The lowest BCUT2D eigenvalue weighted by Gasteiger charge is -2.14. The molecule has 0 saturated heterocycles. The third-order valence-corrected chi connectivity index (χ3v) is 11.3. The molecule has 11 aromatic rings. The number of nitrogens with zero attached hydrogens (tertiary/aromatic N) is 4. The van der Waals surface area contributed by atoms with Crippen LogP contribution in [0.4, 0.5) is 0 Å². The molecule has 0 spiro atoms. The summed E-state index contributed by atoms with van der Waals surface area (Å²) in [5, 5.41) is 10.9. The van der Waals surface area contributed by atoms with Crippen LogP contribution in [0.1, 0.15) is 0 Å². The lowest BCUT2D eigenvalue weighted by molar-refractivity contribution is 1.08. The Bertz CT molecular complexity index is 3110. The molecule has 236 valence electrons. The Kier molecular flexibility index (Phi) is 6.09. The molecule has 0 aliphatic heterocycles. The van der Waals surface area contributed by atoms with Gasteiger partial charge in [-0.15, -0.1) is 11.3 Å². The highest BCUT2D eigenvalue weighted by Gasteiger charge is 2.18. The Labute approximate surface area is 296 Å². The van der Waals surface area contributed by atoms with Crippen LogP contribution in [0.5, 0.6) is 0 Å². The average Bonchev–Trinajstić information content (AvgIpc) is 3.59. The van der Waals surface area contributed by atoms with Gasteiger partial charge >= 0.3 is 0 Å². The molecule has 0 bridgehead atoms. The molecule has 3 aromatic heterocycles. The van der Waals surface area contributed by atoms with Gasteiger partial charge in [0.05, 0.1) is 15.9 Å². The Morgan fingerprint density at radius 3 is 1.73 bits per heavy atom. The standard InChI is InChI=1S/C46H26N4S/c1-2-9-31(10-3-1)44-48-45(50-46(49-44)36-26-24-29-18-17-27-11-8-12-28-23-25-33(36)40(29)39(27)28)32-21-19-30(20-22-32)41-34-13-4-5-14-35(34)43-42(47-41)37-15-6-7-16-38(37)51-43/h1-26H. The zero-order valence-corrected chi connectivity index (χ0v) is 28.0. The van der Waals surface area contributed by atoms with Crippen LogP contribution in [0.15, 0.2) is 158 Å². The highest BCUT2D eigenvalue weighted by Crippen LogP contribution is 2.42. The first-order chi connectivity index (χ1) is 25.3. The summed E-state index contributed by atoms with van der Waals surface area (Å²) < 4.78 is 2.48. The van der Waals surface area contributed by atoms with Crippen LogP contribution in [0.25, 0.3) is 109 Å². The minimum absolute atomic E-state index is 0.633. The summed E-state index contributed by atoms with van der Waals surface area (Å²) >= 11 is 1.81. The fraction of sp³-hybridized carbons (Fsp3) is 0. The van der Waals surface area contributed by atoms with Gasteiger partial charge in [-0.1, -0.05) is 146 Å². The van der Waals surface area contributed by atoms with Gasteiger partial charge in [-0.05, 0) is 44.5 Å². The predicted octanol–water partition coefficient (Wildman–Crippen LogP) is 12.4. The summed E-state index contributed by atoms with van der Waals surface area (Å²) in [6, 6.07) is 55.5. The second kappa shape index (κ2) is 11.0. The van der Waals surface area contributed by atoms with E-state index in [-0.39, 0.29) is 0 Å². The summed E-state index contributed by atoms with van der Waals surface area (Å²) in [5.41, 5.74) is 5.94. The van der Waals surface area contributed by atoms with Gasteiger partial charge in [0.1, 0.15) is 0 Å². The van der Waals surface area contributed by atoms with E-state index in [0.717, 1.165) is 44.2 Å². The van der Waals surface area contributed by atoms with Gasteiger partial charge in [0.15, 0.2) is 17.5 Å². The van der Waals surface area contributed by atoms with Crippen LogP contribution >= 0.6 is 11.3 Å². The van der Waals surface area contributed by atoms with Crippen molar-refractivity contribution in [2.24, 2.45) is 0 Å². The molecule has 5 heteroatoms. The van der Waals surface area contributed by atoms with E-state index < -0.39 is 0 Å². The third-order valence-electron chi connectivity index (χ3n) is 10.1. The molecule has 0 unspecified atom stereocenters. The summed E-state index contributed by atoms with van der Waals surface area (Å²) in [6.07, 6.45) is 0. The fourth-order valence-electron chi connectivity index (χ4n) is 7.65. The molecule has 8 aromatic carbocycles.